The Hall–Kier alpha value is -0.770. The molecule has 0 aromatic heterocycles. The van der Waals surface area contributed by atoms with Gasteiger partial charge in [-0.15, -0.1) is 0 Å². The van der Waals surface area contributed by atoms with E-state index in [-0.39, 0.29) is 11.8 Å². The van der Waals surface area contributed by atoms with E-state index in [0.717, 1.165) is 0 Å². The zero-order valence-corrected chi connectivity index (χ0v) is 8.04. The lowest BCUT2D eigenvalue weighted by Crippen LogP contribution is -2.15. The molecular weight excluding hydrogens is 190 g/mol. The van der Waals surface area contributed by atoms with Crippen LogP contribution in [0, 0.1) is 0 Å². The number of phenolic OH excluding ortho intramolecular Hbond substituents is 1. The largest absolute Gasteiger partial charge is 0.508 e. The zero-order valence-electron chi connectivity index (χ0n) is 7.29. The quantitative estimate of drug-likeness (QED) is 0.659. The molecule has 0 aliphatic heterocycles. The van der Waals surface area contributed by atoms with Crippen molar-refractivity contribution in [2.45, 2.75) is 19.4 Å². The molecule has 0 bridgehead atoms. The molecular formula is C9H12ClNO2. The Morgan fingerprint density at radius 2 is 2.23 bits per heavy atom. The standard InChI is InChI=1S/C9H12ClNO2/c1-2-8(11-13)7-5-6(10)3-4-9(7)12/h3-5,8,11-13H,2H2,1H3/t8-/m1/s1. The number of phenols is 1. The molecule has 1 aromatic carbocycles. The molecule has 0 heterocycles. The molecule has 0 aliphatic rings. The van der Waals surface area contributed by atoms with E-state index in [2.05, 4.69) is 5.48 Å². The van der Waals surface area contributed by atoms with Crippen LogP contribution in [0.25, 0.3) is 0 Å². The highest BCUT2D eigenvalue weighted by atomic mass is 35.5. The number of hydrogen-bond acceptors (Lipinski definition) is 3. The fraction of sp³-hybridized carbons (Fsp3) is 0.333. The normalized spacial score (nSPS) is 12.8. The van der Waals surface area contributed by atoms with Crippen molar-refractivity contribution in [3.8, 4) is 5.75 Å². The summed E-state index contributed by atoms with van der Waals surface area (Å²) in [6.07, 6.45) is 0.671. The van der Waals surface area contributed by atoms with Gasteiger partial charge in [0.2, 0.25) is 0 Å². The molecule has 0 spiro atoms. The van der Waals surface area contributed by atoms with Crippen LogP contribution in [0.5, 0.6) is 5.75 Å². The summed E-state index contributed by atoms with van der Waals surface area (Å²) in [5.74, 6) is 0.137. The van der Waals surface area contributed by atoms with E-state index >= 15 is 0 Å². The molecule has 0 radical (unpaired) electrons. The third kappa shape index (κ3) is 2.34. The third-order valence-electron chi connectivity index (χ3n) is 1.93. The molecule has 4 heteroatoms. The van der Waals surface area contributed by atoms with Crippen molar-refractivity contribution >= 4 is 11.6 Å². The summed E-state index contributed by atoms with van der Waals surface area (Å²) in [5, 5.41) is 18.8. The van der Waals surface area contributed by atoms with Crippen LogP contribution in [-0.4, -0.2) is 10.3 Å². The molecule has 0 aliphatic carbocycles. The SMILES string of the molecule is CC[C@@H](NO)c1cc(Cl)ccc1O. The first-order valence-electron chi connectivity index (χ1n) is 4.07. The monoisotopic (exact) mass is 201 g/mol. The fourth-order valence-electron chi connectivity index (χ4n) is 1.19. The summed E-state index contributed by atoms with van der Waals surface area (Å²) < 4.78 is 0. The lowest BCUT2D eigenvalue weighted by atomic mass is 10.0. The second-order valence-electron chi connectivity index (χ2n) is 2.79. The minimum Gasteiger partial charge on any atom is -0.508 e. The summed E-state index contributed by atoms with van der Waals surface area (Å²) in [6.45, 7) is 1.90. The Morgan fingerprint density at radius 1 is 1.54 bits per heavy atom. The van der Waals surface area contributed by atoms with Crippen LogP contribution in [-0.2, 0) is 0 Å². The van der Waals surface area contributed by atoms with Gasteiger partial charge in [0.1, 0.15) is 5.75 Å². The minimum atomic E-state index is -0.279. The van der Waals surface area contributed by atoms with Crippen LogP contribution in [0.3, 0.4) is 0 Å². The molecule has 0 unspecified atom stereocenters. The molecule has 72 valence electrons. The Kier molecular flexibility index (Phi) is 3.54. The average molecular weight is 202 g/mol. The molecule has 0 fully saturated rings. The molecule has 3 nitrogen and oxygen atoms in total. The first-order valence-corrected chi connectivity index (χ1v) is 4.44. The minimum absolute atomic E-state index is 0.137. The van der Waals surface area contributed by atoms with Gasteiger partial charge >= 0.3 is 0 Å². The van der Waals surface area contributed by atoms with Gasteiger partial charge in [-0.1, -0.05) is 18.5 Å². The van der Waals surface area contributed by atoms with Crippen LogP contribution < -0.4 is 5.48 Å². The average Bonchev–Trinajstić information content (AvgIpc) is 2.13. The summed E-state index contributed by atoms with van der Waals surface area (Å²) in [5.41, 5.74) is 2.73. The Labute approximate surface area is 81.9 Å². The van der Waals surface area contributed by atoms with Gasteiger partial charge in [0.25, 0.3) is 0 Å². The maximum absolute atomic E-state index is 9.46. The molecule has 0 saturated carbocycles. The predicted octanol–water partition coefficient (Wildman–Crippen LogP) is 2.48. The van der Waals surface area contributed by atoms with Gasteiger partial charge < -0.3 is 10.3 Å². The van der Waals surface area contributed by atoms with E-state index in [1.807, 2.05) is 6.92 Å². The second-order valence-corrected chi connectivity index (χ2v) is 3.23. The van der Waals surface area contributed by atoms with Crippen molar-refractivity contribution in [1.29, 1.82) is 0 Å². The van der Waals surface area contributed by atoms with Gasteiger partial charge in [-0.3, -0.25) is 0 Å². The number of benzene rings is 1. The smallest absolute Gasteiger partial charge is 0.120 e. The Balaban J connectivity index is 3.03. The number of aromatic hydroxyl groups is 1. The highest BCUT2D eigenvalue weighted by Gasteiger charge is 2.12. The van der Waals surface area contributed by atoms with E-state index < -0.39 is 0 Å². The Morgan fingerprint density at radius 3 is 2.77 bits per heavy atom. The first-order chi connectivity index (χ1) is 6.19. The molecule has 1 rings (SSSR count). The lowest BCUT2D eigenvalue weighted by molar-refractivity contribution is 0.123. The molecule has 0 saturated heterocycles. The van der Waals surface area contributed by atoms with Crippen LogP contribution >= 0.6 is 11.6 Å². The van der Waals surface area contributed by atoms with E-state index in [1.165, 1.54) is 6.07 Å². The van der Waals surface area contributed by atoms with Crippen molar-refractivity contribution in [1.82, 2.24) is 5.48 Å². The van der Waals surface area contributed by atoms with Crippen molar-refractivity contribution in [2.75, 3.05) is 0 Å². The van der Waals surface area contributed by atoms with Crippen LogP contribution in [0.15, 0.2) is 18.2 Å². The predicted molar refractivity (Wildman–Crippen MR) is 51.1 cm³/mol. The van der Waals surface area contributed by atoms with Crippen molar-refractivity contribution in [3.05, 3.63) is 28.8 Å². The molecule has 0 amide bonds. The maximum Gasteiger partial charge on any atom is 0.120 e. The van der Waals surface area contributed by atoms with Gasteiger partial charge in [0.15, 0.2) is 0 Å². The topological polar surface area (TPSA) is 52.5 Å². The zero-order chi connectivity index (χ0) is 9.84. The highest BCUT2D eigenvalue weighted by molar-refractivity contribution is 6.30. The van der Waals surface area contributed by atoms with Crippen LogP contribution in [0.1, 0.15) is 24.9 Å². The summed E-state index contributed by atoms with van der Waals surface area (Å²) in [6, 6.07) is 4.47. The second kappa shape index (κ2) is 4.46. The number of hydrogen-bond donors (Lipinski definition) is 3. The van der Waals surface area contributed by atoms with Gasteiger partial charge in [-0.25, -0.2) is 0 Å². The molecule has 3 N–H and O–H groups in total. The molecule has 1 atom stereocenters. The lowest BCUT2D eigenvalue weighted by Gasteiger charge is -2.14. The van der Waals surface area contributed by atoms with Crippen molar-refractivity contribution < 1.29 is 10.3 Å². The number of nitrogens with one attached hydrogen (secondary N) is 1. The Bertz CT molecular complexity index is 287. The third-order valence-corrected chi connectivity index (χ3v) is 2.16. The highest BCUT2D eigenvalue weighted by Crippen LogP contribution is 2.28. The van der Waals surface area contributed by atoms with Crippen LogP contribution in [0.4, 0.5) is 0 Å². The van der Waals surface area contributed by atoms with E-state index in [9.17, 15) is 5.11 Å². The molecule has 1 aromatic rings. The first kappa shape index (κ1) is 10.3. The summed E-state index contributed by atoms with van der Waals surface area (Å²) in [4.78, 5) is 0. The van der Waals surface area contributed by atoms with E-state index in [1.54, 1.807) is 12.1 Å². The van der Waals surface area contributed by atoms with Crippen molar-refractivity contribution in [2.24, 2.45) is 0 Å². The van der Waals surface area contributed by atoms with Gasteiger partial charge in [0.05, 0.1) is 6.04 Å². The fourth-order valence-corrected chi connectivity index (χ4v) is 1.37. The number of rotatable bonds is 3. The summed E-state index contributed by atoms with van der Waals surface area (Å²) in [7, 11) is 0. The molecule has 13 heavy (non-hydrogen) atoms. The van der Waals surface area contributed by atoms with Gasteiger partial charge in [0, 0.05) is 10.6 Å². The number of hydroxylamine groups is 1. The van der Waals surface area contributed by atoms with E-state index in [4.69, 9.17) is 16.8 Å². The van der Waals surface area contributed by atoms with Crippen LogP contribution in [0.2, 0.25) is 5.02 Å². The van der Waals surface area contributed by atoms with Gasteiger partial charge in [-0.05, 0) is 24.6 Å². The van der Waals surface area contributed by atoms with Gasteiger partial charge in [-0.2, -0.15) is 5.48 Å². The van der Waals surface area contributed by atoms with E-state index in [0.29, 0.717) is 17.0 Å². The van der Waals surface area contributed by atoms with Crippen molar-refractivity contribution in [3.63, 3.8) is 0 Å². The number of halogens is 1. The maximum atomic E-state index is 9.46. The summed E-state index contributed by atoms with van der Waals surface area (Å²) >= 11 is 5.75.